The first-order chi connectivity index (χ1) is 15.1. The molecule has 4 N–H and O–H groups in total. The predicted molar refractivity (Wildman–Crippen MR) is 118 cm³/mol. The lowest BCUT2D eigenvalue weighted by atomic mass is 10.00. The number of carbonyl (C=O) groups excluding carboxylic acids is 2. The van der Waals surface area contributed by atoms with Gasteiger partial charge in [0.1, 0.15) is 24.2 Å². The summed E-state index contributed by atoms with van der Waals surface area (Å²) in [5, 5.41) is 11.7. The van der Waals surface area contributed by atoms with Crippen molar-refractivity contribution in [2.75, 3.05) is 6.54 Å². The molecule has 2 unspecified atom stereocenters. The molecule has 0 aromatic heterocycles. The van der Waals surface area contributed by atoms with Crippen LogP contribution in [0.1, 0.15) is 37.5 Å². The van der Waals surface area contributed by atoms with Gasteiger partial charge in [0.25, 0.3) is 0 Å². The number of fused-ring (bicyclic) bond motifs is 3. The lowest BCUT2D eigenvalue weighted by Gasteiger charge is -2.23. The van der Waals surface area contributed by atoms with E-state index in [0.717, 1.165) is 28.7 Å². The summed E-state index contributed by atoms with van der Waals surface area (Å²) in [5.74, 6) is -3.44. The first-order valence-corrected chi connectivity index (χ1v) is 10.4. The molecule has 1 amide bonds. The van der Waals surface area contributed by atoms with E-state index in [9.17, 15) is 19.5 Å². The van der Waals surface area contributed by atoms with E-state index in [1.165, 1.54) is 5.56 Å². The van der Waals surface area contributed by atoms with Crippen molar-refractivity contribution in [1.82, 2.24) is 5.32 Å². The number of ether oxygens (including phenoxy) is 2. The second-order valence-corrected chi connectivity index (χ2v) is 8.74. The summed E-state index contributed by atoms with van der Waals surface area (Å²) in [5.41, 5.74) is 10.3. The van der Waals surface area contributed by atoms with E-state index in [1.54, 1.807) is 20.8 Å². The van der Waals surface area contributed by atoms with Gasteiger partial charge in [-0.1, -0.05) is 42.5 Å². The third kappa shape index (κ3) is 5.45. The quantitative estimate of drug-likeness (QED) is 0.482. The summed E-state index contributed by atoms with van der Waals surface area (Å²) in [6.07, 6.45) is -0.0381. The van der Waals surface area contributed by atoms with Gasteiger partial charge >= 0.3 is 18.0 Å². The fourth-order valence-corrected chi connectivity index (χ4v) is 3.65. The molecule has 1 aliphatic rings. The van der Waals surface area contributed by atoms with Gasteiger partial charge in [0.15, 0.2) is 0 Å². The SMILES string of the molecule is CC(C)(C)OC(=O)NCC(C(=O)OCc1cccc2c1Cc1ccccc1-2)C(N)C(=O)O. The predicted octanol–water partition coefficient (Wildman–Crippen LogP) is 2.85. The van der Waals surface area contributed by atoms with Crippen molar-refractivity contribution in [3.8, 4) is 11.1 Å². The van der Waals surface area contributed by atoms with Crippen LogP contribution >= 0.6 is 0 Å². The smallest absolute Gasteiger partial charge is 0.407 e. The average Bonchev–Trinajstić information content (AvgIpc) is 3.10. The molecule has 2 aromatic rings. The minimum absolute atomic E-state index is 0.0225. The highest BCUT2D eigenvalue weighted by Crippen LogP contribution is 2.38. The number of nitrogens with one attached hydrogen (secondary N) is 1. The Bertz CT molecular complexity index is 1030. The standard InChI is InChI=1S/C24H28N2O6/c1-24(2,3)32-23(30)26-12-19(20(25)21(27)28)22(29)31-13-15-8-6-10-17-16-9-5-4-7-14(16)11-18(15)17/h4-10,19-20H,11-13,25H2,1-3H3,(H,26,30)(H,27,28). The number of amides is 1. The van der Waals surface area contributed by atoms with Gasteiger partial charge in [-0.3, -0.25) is 9.59 Å². The van der Waals surface area contributed by atoms with E-state index >= 15 is 0 Å². The molecule has 2 atom stereocenters. The monoisotopic (exact) mass is 440 g/mol. The summed E-state index contributed by atoms with van der Waals surface area (Å²) in [4.78, 5) is 36.0. The second kappa shape index (κ2) is 9.40. The van der Waals surface area contributed by atoms with Gasteiger partial charge in [0, 0.05) is 6.54 Å². The molecule has 0 saturated heterocycles. The lowest BCUT2D eigenvalue weighted by Crippen LogP contribution is -2.48. The molecule has 170 valence electrons. The van der Waals surface area contributed by atoms with Gasteiger partial charge in [-0.25, -0.2) is 4.79 Å². The number of hydrogen-bond donors (Lipinski definition) is 3. The van der Waals surface area contributed by atoms with Gasteiger partial charge in [0.2, 0.25) is 0 Å². The molecule has 3 rings (SSSR count). The Kier molecular flexibility index (Phi) is 6.84. The van der Waals surface area contributed by atoms with Gasteiger partial charge in [0.05, 0.1) is 0 Å². The van der Waals surface area contributed by atoms with E-state index in [-0.39, 0.29) is 13.2 Å². The summed E-state index contributed by atoms with van der Waals surface area (Å²) in [7, 11) is 0. The molecular weight excluding hydrogens is 412 g/mol. The van der Waals surface area contributed by atoms with Gasteiger partial charge < -0.3 is 25.6 Å². The summed E-state index contributed by atoms with van der Waals surface area (Å²) in [6.45, 7) is 4.73. The van der Waals surface area contributed by atoms with Crippen LogP contribution in [0, 0.1) is 5.92 Å². The summed E-state index contributed by atoms with van der Waals surface area (Å²) < 4.78 is 10.6. The fraction of sp³-hybridized carbons (Fsp3) is 0.375. The number of alkyl carbamates (subject to hydrolysis) is 1. The number of nitrogens with two attached hydrogens (primary N) is 1. The first kappa shape index (κ1) is 23.3. The number of hydrogen-bond acceptors (Lipinski definition) is 6. The lowest BCUT2D eigenvalue weighted by molar-refractivity contribution is -0.155. The summed E-state index contributed by atoms with van der Waals surface area (Å²) >= 11 is 0. The zero-order chi connectivity index (χ0) is 23.5. The maximum absolute atomic E-state index is 12.7. The van der Waals surface area contributed by atoms with Crippen LogP contribution in [0.5, 0.6) is 0 Å². The van der Waals surface area contributed by atoms with Crippen molar-refractivity contribution >= 4 is 18.0 Å². The molecule has 0 fully saturated rings. The largest absolute Gasteiger partial charge is 0.480 e. The van der Waals surface area contributed by atoms with E-state index in [2.05, 4.69) is 17.4 Å². The normalized spacial score (nSPS) is 14.0. The maximum Gasteiger partial charge on any atom is 0.407 e. The van der Waals surface area contributed by atoms with E-state index < -0.39 is 35.6 Å². The number of benzene rings is 2. The van der Waals surface area contributed by atoms with Gasteiger partial charge in [-0.2, -0.15) is 0 Å². The van der Waals surface area contributed by atoms with Crippen molar-refractivity contribution in [3.63, 3.8) is 0 Å². The third-order valence-electron chi connectivity index (χ3n) is 5.20. The molecule has 0 radical (unpaired) electrons. The molecule has 2 aromatic carbocycles. The molecule has 0 saturated carbocycles. The van der Waals surface area contributed by atoms with E-state index in [4.69, 9.17) is 15.2 Å². The molecular formula is C24H28N2O6. The number of carboxylic acids is 1. The second-order valence-electron chi connectivity index (χ2n) is 8.74. The minimum Gasteiger partial charge on any atom is -0.480 e. The number of carboxylic acid groups (broad SMARTS) is 1. The first-order valence-electron chi connectivity index (χ1n) is 10.4. The molecule has 8 heteroatoms. The van der Waals surface area contributed by atoms with Crippen LogP contribution in [0.2, 0.25) is 0 Å². The minimum atomic E-state index is -1.54. The van der Waals surface area contributed by atoms with Crippen LogP contribution in [-0.2, 0) is 32.1 Å². The molecule has 32 heavy (non-hydrogen) atoms. The number of rotatable bonds is 7. The Morgan fingerprint density at radius 3 is 2.47 bits per heavy atom. The Morgan fingerprint density at radius 2 is 1.78 bits per heavy atom. The van der Waals surface area contributed by atoms with Gasteiger partial charge in [-0.15, -0.1) is 0 Å². The number of carbonyl (C=O) groups is 3. The molecule has 0 bridgehead atoms. The summed E-state index contributed by atoms with van der Waals surface area (Å²) in [6, 6.07) is 12.4. The van der Waals surface area contributed by atoms with Crippen molar-refractivity contribution < 1.29 is 29.0 Å². The highest BCUT2D eigenvalue weighted by molar-refractivity contribution is 5.84. The Balaban J connectivity index is 1.68. The number of aliphatic carboxylic acids is 1. The highest BCUT2D eigenvalue weighted by Gasteiger charge is 2.33. The Hall–Kier alpha value is -3.39. The topological polar surface area (TPSA) is 128 Å². The van der Waals surface area contributed by atoms with E-state index in [0.29, 0.717) is 0 Å². The van der Waals surface area contributed by atoms with Gasteiger partial charge in [-0.05, 0) is 55.0 Å². The molecule has 8 nitrogen and oxygen atoms in total. The zero-order valence-corrected chi connectivity index (χ0v) is 18.4. The van der Waals surface area contributed by atoms with Crippen LogP contribution < -0.4 is 11.1 Å². The number of esters is 1. The molecule has 0 spiro atoms. The maximum atomic E-state index is 12.7. The van der Waals surface area contributed by atoms with Crippen LogP contribution in [0.25, 0.3) is 11.1 Å². The Morgan fingerprint density at radius 1 is 1.09 bits per heavy atom. The van der Waals surface area contributed by atoms with Crippen LogP contribution in [0.3, 0.4) is 0 Å². The zero-order valence-electron chi connectivity index (χ0n) is 18.4. The average molecular weight is 440 g/mol. The van der Waals surface area contributed by atoms with Crippen molar-refractivity contribution in [1.29, 1.82) is 0 Å². The molecule has 1 aliphatic carbocycles. The molecule has 0 heterocycles. The van der Waals surface area contributed by atoms with Crippen molar-refractivity contribution in [2.24, 2.45) is 11.7 Å². The third-order valence-corrected chi connectivity index (χ3v) is 5.20. The fourth-order valence-electron chi connectivity index (χ4n) is 3.65. The highest BCUT2D eigenvalue weighted by atomic mass is 16.6. The van der Waals surface area contributed by atoms with Crippen LogP contribution in [0.15, 0.2) is 42.5 Å². The van der Waals surface area contributed by atoms with Crippen molar-refractivity contribution in [2.45, 2.75) is 45.4 Å². The van der Waals surface area contributed by atoms with Crippen LogP contribution in [0.4, 0.5) is 4.79 Å². The van der Waals surface area contributed by atoms with Crippen LogP contribution in [-0.4, -0.2) is 41.3 Å². The van der Waals surface area contributed by atoms with Crippen molar-refractivity contribution in [3.05, 3.63) is 59.2 Å². The molecule has 0 aliphatic heterocycles. The van der Waals surface area contributed by atoms with E-state index in [1.807, 2.05) is 30.3 Å². The Labute approximate surface area is 186 Å².